The maximum Gasteiger partial charge on any atom is 0.254 e. The van der Waals surface area contributed by atoms with Crippen molar-refractivity contribution in [3.8, 4) is 0 Å². The van der Waals surface area contributed by atoms with Crippen LogP contribution >= 0.6 is 0 Å². The Labute approximate surface area is 187 Å². The number of nitrogens with two attached hydrogens (primary N) is 1. The Balaban J connectivity index is 1.42. The lowest BCUT2D eigenvalue weighted by molar-refractivity contribution is -0.126. The number of rotatable bonds is 5. The van der Waals surface area contributed by atoms with E-state index in [2.05, 4.69) is 5.32 Å². The molecule has 1 saturated heterocycles. The minimum Gasteiger partial charge on any atom is -0.352 e. The van der Waals surface area contributed by atoms with E-state index in [0.717, 1.165) is 17.2 Å². The van der Waals surface area contributed by atoms with Crippen LogP contribution in [0.3, 0.4) is 0 Å². The predicted molar refractivity (Wildman–Crippen MR) is 122 cm³/mol. The normalized spacial score (nSPS) is 16.7. The maximum absolute atomic E-state index is 13.2. The van der Waals surface area contributed by atoms with Gasteiger partial charge in [-0.05, 0) is 47.4 Å². The number of carbonyl (C=O) groups is 2. The van der Waals surface area contributed by atoms with Crippen molar-refractivity contribution >= 4 is 32.6 Å². The van der Waals surface area contributed by atoms with Crippen molar-refractivity contribution in [2.75, 3.05) is 13.1 Å². The van der Waals surface area contributed by atoms with E-state index in [0.29, 0.717) is 30.6 Å². The summed E-state index contributed by atoms with van der Waals surface area (Å²) >= 11 is 0. The summed E-state index contributed by atoms with van der Waals surface area (Å²) in [4.78, 5) is 27.8. The Kier molecular flexibility index (Phi) is 6.25. The number of nitrogens with zero attached hydrogens (tertiary/aromatic N) is 1. The molecular weight excluding hydrogens is 426 g/mol. The van der Waals surface area contributed by atoms with Crippen LogP contribution in [-0.2, 0) is 21.4 Å². The molecule has 0 radical (unpaired) electrons. The number of carbonyl (C=O) groups excluding carboxylic acids is 2. The van der Waals surface area contributed by atoms with Crippen LogP contribution in [0, 0.1) is 5.92 Å². The van der Waals surface area contributed by atoms with Gasteiger partial charge in [-0.25, -0.2) is 13.6 Å². The first-order valence-corrected chi connectivity index (χ1v) is 12.0. The highest BCUT2D eigenvalue weighted by molar-refractivity contribution is 7.89. The number of sulfonamides is 1. The summed E-state index contributed by atoms with van der Waals surface area (Å²) in [6.07, 6.45) is 1.44. The number of hydrogen-bond acceptors (Lipinski definition) is 4. The van der Waals surface area contributed by atoms with Gasteiger partial charge >= 0.3 is 0 Å². The van der Waals surface area contributed by atoms with Gasteiger partial charge in [0, 0.05) is 25.2 Å². The predicted octanol–water partition coefficient (Wildman–Crippen LogP) is 2.66. The Bertz CT molecular complexity index is 1270. The third-order valence-corrected chi connectivity index (χ3v) is 6.70. The van der Waals surface area contributed by atoms with Crippen molar-refractivity contribution in [3.63, 3.8) is 0 Å². The van der Waals surface area contributed by atoms with E-state index < -0.39 is 10.0 Å². The van der Waals surface area contributed by atoms with Crippen LogP contribution in [0.25, 0.3) is 10.8 Å². The van der Waals surface area contributed by atoms with Gasteiger partial charge in [-0.3, -0.25) is 9.59 Å². The van der Waals surface area contributed by atoms with Crippen molar-refractivity contribution in [1.82, 2.24) is 10.2 Å². The van der Waals surface area contributed by atoms with Crippen molar-refractivity contribution in [2.45, 2.75) is 24.3 Å². The summed E-state index contributed by atoms with van der Waals surface area (Å²) < 4.78 is 23.0. The standard InChI is InChI=1S/C24H25N3O4S/c25-32(30,31)20-10-3-6-17(14-20)15-26-23(28)19-9-5-13-27(16-19)24(29)22-12-4-8-18-7-1-2-11-21(18)22/h1-4,6-8,10-12,14,19H,5,9,13,15-16H2,(H,26,28)(H2,25,30,31). The van der Waals surface area contributed by atoms with Gasteiger partial charge in [-0.15, -0.1) is 0 Å². The van der Waals surface area contributed by atoms with Crippen LogP contribution in [0.15, 0.2) is 71.6 Å². The largest absolute Gasteiger partial charge is 0.352 e. The molecule has 2 amide bonds. The molecule has 3 aromatic carbocycles. The Morgan fingerprint density at radius 2 is 1.78 bits per heavy atom. The number of piperidine rings is 1. The van der Waals surface area contributed by atoms with E-state index in [1.54, 1.807) is 17.0 Å². The zero-order valence-corrected chi connectivity index (χ0v) is 18.3. The third kappa shape index (κ3) is 4.81. The van der Waals surface area contributed by atoms with Gasteiger partial charge in [-0.1, -0.05) is 48.5 Å². The molecule has 0 aromatic heterocycles. The van der Waals surface area contributed by atoms with Gasteiger partial charge in [0.2, 0.25) is 15.9 Å². The Morgan fingerprint density at radius 1 is 1.03 bits per heavy atom. The molecule has 8 heteroatoms. The fourth-order valence-corrected chi connectivity index (χ4v) is 4.71. The first-order valence-electron chi connectivity index (χ1n) is 10.5. The zero-order chi connectivity index (χ0) is 22.7. The lowest BCUT2D eigenvalue weighted by Crippen LogP contribution is -2.45. The topological polar surface area (TPSA) is 110 Å². The summed E-state index contributed by atoms with van der Waals surface area (Å²) in [6, 6.07) is 19.6. The molecule has 0 bridgehead atoms. The molecule has 0 saturated carbocycles. The molecule has 0 spiro atoms. The highest BCUT2D eigenvalue weighted by atomic mass is 32.2. The number of amides is 2. The molecule has 3 aromatic rings. The van der Waals surface area contributed by atoms with Gasteiger partial charge in [0.05, 0.1) is 10.8 Å². The monoisotopic (exact) mass is 451 g/mol. The summed E-state index contributed by atoms with van der Waals surface area (Å²) in [5.74, 6) is -0.536. The Morgan fingerprint density at radius 3 is 2.59 bits per heavy atom. The number of nitrogens with one attached hydrogen (secondary N) is 1. The first kappa shape index (κ1) is 22.0. The molecule has 1 unspecified atom stereocenters. The van der Waals surface area contributed by atoms with E-state index in [4.69, 9.17) is 5.14 Å². The van der Waals surface area contributed by atoms with Gasteiger partial charge in [0.1, 0.15) is 0 Å². The number of fused-ring (bicyclic) bond motifs is 1. The molecule has 32 heavy (non-hydrogen) atoms. The van der Waals surface area contributed by atoms with Gasteiger partial charge in [0.25, 0.3) is 5.91 Å². The second-order valence-electron chi connectivity index (χ2n) is 8.03. The van der Waals surface area contributed by atoms with E-state index in [1.807, 2.05) is 42.5 Å². The number of likely N-dealkylation sites (tertiary alicyclic amines) is 1. The van der Waals surface area contributed by atoms with Crippen molar-refractivity contribution in [2.24, 2.45) is 11.1 Å². The van der Waals surface area contributed by atoms with Crippen LogP contribution in [-0.4, -0.2) is 38.2 Å². The zero-order valence-electron chi connectivity index (χ0n) is 17.5. The van der Waals surface area contributed by atoms with Crippen molar-refractivity contribution in [3.05, 3.63) is 77.9 Å². The minimum absolute atomic E-state index is 0.00812. The second kappa shape index (κ2) is 9.10. The van der Waals surface area contributed by atoms with E-state index in [1.165, 1.54) is 12.1 Å². The van der Waals surface area contributed by atoms with Gasteiger partial charge in [-0.2, -0.15) is 0 Å². The van der Waals surface area contributed by atoms with Crippen LogP contribution in [0.4, 0.5) is 0 Å². The van der Waals surface area contributed by atoms with Crippen LogP contribution in [0.1, 0.15) is 28.8 Å². The Hall–Kier alpha value is -3.23. The molecule has 1 fully saturated rings. The first-order chi connectivity index (χ1) is 15.3. The molecule has 0 aliphatic carbocycles. The van der Waals surface area contributed by atoms with Crippen LogP contribution in [0.2, 0.25) is 0 Å². The molecule has 1 aliphatic heterocycles. The molecule has 1 atom stereocenters. The molecule has 1 aliphatic rings. The van der Waals surface area contributed by atoms with E-state index in [-0.39, 0.29) is 29.2 Å². The lowest BCUT2D eigenvalue weighted by Gasteiger charge is -2.32. The second-order valence-corrected chi connectivity index (χ2v) is 9.59. The highest BCUT2D eigenvalue weighted by Gasteiger charge is 2.29. The molecule has 1 heterocycles. The summed E-state index contributed by atoms with van der Waals surface area (Å²) in [5.41, 5.74) is 1.29. The van der Waals surface area contributed by atoms with Crippen molar-refractivity contribution in [1.29, 1.82) is 0 Å². The van der Waals surface area contributed by atoms with Gasteiger partial charge in [0.15, 0.2) is 0 Å². The molecule has 3 N–H and O–H groups in total. The minimum atomic E-state index is -3.80. The molecule has 7 nitrogen and oxygen atoms in total. The van der Waals surface area contributed by atoms with Crippen molar-refractivity contribution < 1.29 is 18.0 Å². The van der Waals surface area contributed by atoms with E-state index in [9.17, 15) is 18.0 Å². The van der Waals surface area contributed by atoms with E-state index >= 15 is 0 Å². The average Bonchev–Trinajstić information content (AvgIpc) is 2.81. The summed E-state index contributed by atoms with van der Waals surface area (Å²) in [6.45, 7) is 1.16. The number of benzene rings is 3. The quantitative estimate of drug-likeness (QED) is 0.621. The fraction of sp³-hybridized carbons (Fsp3) is 0.250. The summed E-state index contributed by atoms with van der Waals surface area (Å²) in [7, 11) is -3.80. The van der Waals surface area contributed by atoms with Gasteiger partial charge < -0.3 is 10.2 Å². The summed E-state index contributed by atoms with van der Waals surface area (Å²) in [5, 5.41) is 9.95. The SMILES string of the molecule is NS(=O)(=O)c1cccc(CNC(=O)C2CCCN(C(=O)c3cccc4ccccc34)C2)c1. The molecule has 4 rings (SSSR count). The van der Waals surface area contributed by atoms with Crippen LogP contribution < -0.4 is 10.5 Å². The smallest absolute Gasteiger partial charge is 0.254 e. The van der Waals surface area contributed by atoms with Crippen LogP contribution in [0.5, 0.6) is 0 Å². The fourth-order valence-electron chi connectivity index (χ4n) is 4.12. The highest BCUT2D eigenvalue weighted by Crippen LogP contribution is 2.24. The number of primary sulfonamides is 1. The number of hydrogen-bond donors (Lipinski definition) is 2. The average molecular weight is 452 g/mol. The maximum atomic E-state index is 13.2. The third-order valence-electron chi connectivity index (χ3n) is 5.79. The lowest BCUT2D eigenvalue weighted by atomic mass is 9.95. The molecule has 166 valence electrons. The molecular formula is C24H25N3O4S.